The van der Waals surface area contributed by atoms with Crippen LogP contribution in [0.5, 0.6) is 0 Å². The van der Waals surface area contributed by atoms with Crippen LogP contribution in [0.2, 0.25) is 0 Å². The summed E-state index contributed by atoms with van der Waals surface area (Å²) in [6, 6.07) is 7.95. The third-order valence-electron chi connectivity index (χ3n) is 4.34. The van der Waals surface area contributed by atoms with Gasteiger partial charge in [0.15, 0.2) is 6.04 Å². The van der Waals surface area contributed by atoms with Crippen molar-refractivity contribution in [3.63, 3.8) is 0 Å². The summed E-state index contributed by atoms with van der Waals surface area (Å²) >= 11 is 1.50. The molecule has 0 saturated carbocycles. The Hall–Kier alpha value is -2.28. The van der Waals surface area contributed by atoms with E-state index < -0.39 is 23.7 Å². The van der Waals surface area contributed by atoms with E-state index in [9.17, 15) is 14.4 Å². The number of fused-ring (bicyclic) bond motifs is 1. The Balaban J connectivity index is 1.65. The maximum Gasteiger partial charge on any atom is 0.333 e. The highest BCUT2D eigenvalue weighted by Gasteiger charge is 2.56. The molecule has 7 heteroatoms. The molecule has 0 unspecified atom stereocenters. The molecular weight excluding hydrogens is 364 g/mol. The quantitative estimate of drug-likeness (QED) is 0.484. The Morgan fingerprint density at radius 2 is 1.96 bits per heavy atom. The maximum atomic E-state index is 12.7. The Labute approximate surface area is 163 Å². The largest absolute Gasteiger partial charge is 0.458 e. The second kappa shape index (κ2) is 7.38. The van der Waals surface area contributed by atoms with Gasteiger partial charge in [0.1, 0.15) is 17.0 Å². The number of nitrogens with one attached hydrogen (secondary N) is 1. The zero-order valence-corrected chi connectivity index (χ0v) is 16.5. The standard InChI is InChI=1S/C20H24N2O4S/c1-12-11-27-18-15(21-14(23)10-13-8-6-5-7-9-13)17(24)22(18)16(12)19(25)26-20(2,3)4/h5-9,15-16,18H,1,10-11H2,2-4H3,(H,21,23)/t15-,16-,18-/m1/s1. The molecule has 2 heterocycles. The highest BCUT2D eigenvalue weighted by atomic mass is 32.2. The third kappa shape index (κ3) is 4.18. The highest BCUT2D eigenvalue weighted by Crippen LogP contribution is 2.40. The number of carbonyl (C=O) groups excluding carboxylic acids is 3. The van der Waals surface area contributed by atoms with Gasteiger partial charge in [-0.1, -0.05) is 36.9 Å². The van der Waals surface area contributed by atoms with Crippen molar-refractivity contribution in [2.45, 2.75) is 50.3 Å². The van der Waals surface area contributed by atoms with Crippen LogP contribution in [0.4, 0.5) is 0 Å². The van der Waals surface area contributed by atoms with Crippen molar-refractivity contribution in [3.05, 3.63) is 48.0 Å². The number of thioether (sulfide) groups is 1. The molecule has 1 aromatic rings. The number of amides is 2. The lowest BCUT2D eigenvalue weighted by Crippen LogP contribution is -2.74. The summed E-state index contributed by atoms with van der Waals surface area (Å²) < 4.78 is 5.45. The van der Waals surface area contributed by atoms with E-state index in [-0.39, 0.29) is 23.6 Å². The minimum Gasteiger partial charge on any atom is -0.458 e. The maximum absolute atomic E-state index is 12.7. The van der Waals surface area contributed by atoms with E-state index in [0.717, 1.165) is 5.56 Å². The number of rotatable bonds is 4. The van der Waals surface area contributed by atoms with E-state index in [1.54, 1.807) is 20.8 Å². The van der Waals surface area contributed by atoms with Crippen molar-refractivity contribution in [1.82, 2.24) is 10.2 Å². The Bertz CT molecular complexity index is 772. The lowest BCUT2D eigenvalue weighted by atomic mass is 9.98. The lowest BCUT2D eigenvalue weighted by molar-refractivity contribution is -0.170. The fraction of sp³-hybridized carbons (Fsp3) is 0.450. The monoisotopic (exact) mass is 388 g/mol. The average molecular weight is 388 g/mol. The molecule has 0 radical (unpaired) electrons. The molecule has 0 aromatic heterocycles. The molecule has 144 valence electrons. The van der Waals surface area contributed by atoms with Crippen molar-refractivity contribution in [1.29, 1.82) is 0 Å². The summed E-state index contributed by atoms with van der Waals surface area (Å²) in [4.78, 5) is 39.0. The zero-order valence-electron chi connectivity index (χ0n) is 15.7. The van der Waals surface area contributed by atoms with Crippen LogP contribution in [0.3, 0.4) is 0 Å². The first-order valence-corrected chi connectivity index (χ1v) is 9.90. The molecule has 3 rings (SSSR count). The Morgan fingerprint density at radius 3 is 2.59 bits per heavy atom. The second-order valence-corrected chi connectivity index (χ2v) is 8.85. The molecule has 0 bridgehead atoms. The van der Waals surface area contributed by atoms with Gasteiger partial charge in [0.05, 0.1) is 6.42 Å². The molecule has 2 saturated heterocycles. The molecule has 6 nitrogen and oxygen atoms in total. The van der Waals surface area contributed by atoms with Crippen LogP contribution in [0.1, 0.15) is 26.3 Å². The fourth-order valence-corrected chi connectivity index (χ4v) is 4.49. The highest BCUT2D eigenvalue weighted by molar-refractivity contribution is 8.00. The molecule has 3 atom stereocenters. The van der Waals surface area contributed by atoms with E-state index >= 15 is 0 Å². The van der Waals surface area contributed by atoms with Gasteiger partial charge in [0.2, 0.25) is 11.8 Å². The van der Waals surface area contributed by atoms with Crippen molar-refractivity contribution in [2.75, 3.05) is 5.75 Å². The molecule has 2 amide bonds. The van der Waals surface area contributed by atoms with Gasteiger partial charge in [-0.25, -0.2) is 4.79 Å². The van der Waals surface area contributed by atoms with Crippen LogP contribution in [0, 0.1) is 0 Å². The SMILES string of the molecule is C=C1CS[C@@H]2[C@H](NC(=O)Cc3ccccc3)C(=O)N2[C@H]1C(=O)OC(C)(C)C. The number of benzene rings is 1. The smallest absolute Gasteiger partial charge is 0.333 e. The number of carbonyl (C=O) groups is 3. The first-order valence-electron chi connectivity index (χ1n) is 8.85. The Kier molecular flexibility index (Phi) is 5.33. The topological polar surface area (TPSA) is 75.7 Å². The van der Waals surface area contributed by atoms with Gasteiger partial charge in [-0.2, -0.15) is 0 Å². The van der Waals surface area contributed by atoms with Gasteiger partial charge in [-0.3, -0.25) is 9.59 Å². The number of hydrogen-bond acceptors (Lipinski definition) is 5. The van der Waals surface area contributed by atoms with Crippen LogP contribution in [0.15, 0.2) is 42.5 Å². The van der Waals surface area contributed by atoms with Gasteiger partial charge >= 0.3 is 5.97 Å². The summed E-state index contributed by atoms with van der Waals surface area (Å²) in [7, 11) is 0. The van der Waals surface area contributed by atoms with Crippen LogP contribution >= 0.6 is 11.8 Å². The molecule has 0 aliphatic carbocycles. The van der Waals surface area contributed by atoms with Crippen LogP contribution in [-0.2, 0) is 25.5 Å². The van der Waals surface area contributed by atoms with Gasteiger partial charge in [-0.15, -0.1) is 11.8 Å². The van der Waals surface area contributed by atoms with Crippen molar-refractivity contribution in [3.8, 4) is 0 Å². The molecule has 2 aliphatic heterocycles. The summed E-state index contributed by atoms with van der Waals surface area (Å²) in [5.74, 6) is -0.410. The van der Waals surface area contributed by atoms with Crippen molar-refractivity contribution >= 4 is 29.5 Å². The minimum absolute atomic E-state index is 0.210. The first-order chi connectivity index (χ1) is 12.7. The third-order valence-corrected chi connectivity index (χ3v) is 5.72. The molecule has 27 heavy (non-hydrogen) atoms. The lowest BCUT2D eigenvalue weighted by Gasteiger charge is -2.53. The van der Waals surface area contributed by atoms with E-state index in [4.69, 9.17) is 4.74 Å². The Morgan fingerprint density at radius 1 is 1.30 bits per heavy atom. The van der Waals surface area contributed by atoms with Crippen molar-refractivity contribution in [2.24, 2.45) is 0 Å². The molecule has 2 fully saturated rings. The first kappa shape index (κ1) is 19.5. The number of β-lactam (4-membered cyclic amide) rings is 1. The van der Waals surface area contributed by atoms with Crippen LogP contribution < -0.4 is 5.32 Å². The number of ether oxygens (including phenoxy) is 1. The summed E-state index contributed by atoms with van der Waals surface area (Å²) in [6.45, 7) is 9.29. The number of esters is 1. The predicted molar refractivity (Wildman–Crippen MR) is 104 cm³/mol. The van der Waals surface area contributed by atoms with Crippen LogP contribution in [0.25, 0.3) is 0 Å². The van der Waals surface area contributed by atoms with Gasteiger partial charge < -0.3 is 15.0 Å². The molecule has 1 N–H and O–H groups in total. The average Bonchev–Trinajstić information content (AvgIpc) is 2.58. The second-order valence-electron chi connectivity index (χ2n) is 7.75. The normalized spacial score (nSPS) is 24.7. The van der Waals surface area contributed by atoms with E-state index in [1.807, 2.05) is 30.3 Å². The number of hydrogen-bond donors (Lipinski definition) is 1. The molecule has 1 aromatic carbocycles. The predicted octanol–water partition coefficient (Wildman–Crippen LogP) is 1.90. The summed E-state index contributed by atoms with van der Waals surface area (Å²) in [5, 5.41) is 2.53. The van der Waals surface area contributed by atoms with E-state index in [0.29, 0.717) is 11.3 Å². The molecular formula is C20H24N2O4S. The molecule has 0 spiro atoms. The van der Waals surface area contributed by atoms with Crippen LogP contribution in [-0.4, -0.2) is 51.5 Å². The van der Waals surface area contributed by atoms with Gasteiger partial charge in [-0.05, 0) is 31.9 Å². The summed E-state index contributed by atoms with van der Waals surface area (Å²) in [6.07, 6.45) is 0.213. The van der Waals surface area contributed by atoms with E-state index in [2.05, 4.69) is 11.9 Å². The zero-order chi connectivity index (χ0) is 19.8. The molecule has 2 aliphatic rings. The summed E-state index contributed by atoms with van der Waals surface area (Å²) in [5.41, 5.74) is 0.886. The van der Waals surface area contributed by atoms with Gasteiger partial charge in [0, 0.05) is 5.75 Å². The fourth-order valence-electron chi connectivity index (χ4n) is 3.18. The van der Waals surface area contributed by atoms with Gasteiger partial charge in [0.25, 0.3) is 0 Å². The van der Waals surface area contributed by atoms with Crippen molar-refractivity contribution < 1.29 is 19.1 Å². The van der Waals surface area contributed by atoms with E-state index in [1.165, 1.54) is 16.7 Å². The minimum atomic E-state index is -0.787. The number of nitrogens with zero attached hydrogens (tertiary/aromatic N) is 1.